The molecule has 1 fully saturated rings. The number of piperidine rings is 1. The molecule has 5 rings (SSSR count). The van der Waals surface area contributed by atoms with E-state index in [9.17, 15) is 9.18 Å². The van der Waals surface area contributed by atoms with Gasteiger partial charge in [-0.05, 0) is 79.4 Å². The number of likely N-dealkylation sites (tertiary alicyclic amines) is 1. The van der Waals surface area contributed by atoms with Crippen LogP contribution in [0.3, 0.4) is 0 Å². The molecule has 0 saturated carbocycles. The number of anilines is 1. The standard InChI is InChI=1S/C29H31FN4O/c1-20(2)21-9-13-24(14-10-21)31-29(35)22-6-5-17-33(18-22)19-28-32-26-7-3-4-8-27(26)34(28)25-15-11-23(30)12-16-25/h3-4,7-16,20,22H,5-6,17-19H2,1-2H3,(H,31,35)/t22-/m1/s1. The van der Waals surface area contributed by atoms with Crippen molar-refractivity contribution in [1.29, 1.82) is 0 Å². The van der Waals surface area contributed by atoms with Crippen molar-refractivity contribution in [2.75, 3.05) is 18.4 Å². The molecule has 0 spiro atoms. The van der Waals surface area contributed by atoms with Crippen molar-refractivity contribution in [3.05, 3.63) is 90.0 Å². The Bertz CT molecular complexity index is 1310. The number of hydrogen-bond acceptors (Lipinski definition) is 3. The third-order valence-electron chi connectivity index (χ3n) is 6.80. The van der Waals surface area contributed by atoms with E-state index >= 15 is 0 Å². The molecule has 1 atom stereocenters. The SMILES string of the molecule is CC(C)c1ccc(NC(=O)[C@@H]2CCCN(Cc3nc4ccccc4n3-c3ccc(F)cc3)C2)cc1. The molecule has 0 unspecified atom stereocenters. The van der Waals surface area contributed by atoms with Crippen LogP contribution in [-0.2, 0) is 11.3 Å². The fourth-order valence-electron chi connectivity index (χ4n) is 4.87. The summed E-state index contributed by atoms with van der Waals surface area (Å²) < 4.78 is 15.7. The van der Waals surface area contributed by atoms with Crippen LogP contribution in [-0.4, -0.2) is 33.4 Å². The van der Waals surface area contributed by atoms with Gasteiger partial charge in [0, 0.05) is 17.9 Å². The highest BCUT2D eigenvalue weighted by molar-refractivity contribution is 5.92. The number of aromatic nitrogens is 2. The molecule has 5 nitrogen and oxygen atoms in total. The van der Waals surface area contributed by atoms with E-state index in [1.165, 1.54) is 17.7 Å². The van der Waals surface area contributed by atoms with Gasteiger partial charge in [0.2, 0.25) is 5.91 Å². The van der Waals surface area contributed by atoms with Crippen molar-refractivity contribution in [3.63, 3.8) is 0 Å². The maximum absolute atomic E-state index is 13.6. The molecule has 180 valence electrons. The molecule has 1 aliphatic heterocycles. The third kappa shape index (κ3) is 5.13. The second-order valence-corrected chi connectivity index (χ2v) is 9.67. The van der Waals surface area contributed by atoms with Gasteiger partial charge in [-0.2, -0.15) is 0 Å². The van der Waals surface area contributed by atoms with E-state index in [4.69, 9.17) is 4.98 Å². The zero-order chi connectivity index (χ0) is 24.4. The lowest BCUT2D eigenvalue weighted by atomic mass is 9.97. The van der Waals surface area contributed by atoms with Crippen LogP contribution in [0, 0.1) is 11.7 Å². The van der Waals surface area contributed by atoms with Crippen LogP contribution in [0.1, 0.15) is 44.0 Å². The molecular formula is C29H31FN4O. The Labute approximate surface area is 205 Å². The van der Waals surface area contributed by atoms with Crippen molar-refractivity contribution in [2.45, 2.75) is 39.2 Å². The minimum absolute atomic E-state index is 0.0686. The summed E-state index contributed by atoms with van der Waals surface area (Å²) >= 11 is 0. The Kier molecular flexibility index (Phi) is 6.64. The van der Waals surface area contributed by atoms with Gasteiger partial charge in [-0.1, -0.05) is 38.1 Å². The minimum Gasteiger partial charge on any atom is -0.326 e. The Balaban J connectivity index is 1.32. The zero-order valence-corrected chi connectivity index (χ0v) is 20.2. The number of nitrogens with one attached hydrogen (secondary N) is 1. The van der Waals surface area contributed by atoms with E-state index in [0.717, 1.165) is 47.6 Å². The fourth-order valence-corrected chi connectivity index (χ4v) is 4.87. The van der Waals surface area contributed by atoms with E-state index in [-0.39, 0.29) is 17.6 Å². The molecule has 0 radical (unpaired) electrons. The molecule has 35 heavy (non-hydrogen) atoms. The molecule has 6 heteroatoms. The summed E-state index contributed by atoms with van der Waals surface area (Å²) in [6.45, 7) is 6.55. The molecule has 1 aromatic heterocycles. The normalized spacial score (nSPS) is 16.6. The molecule has 1 amide bonds. The number of carbonyl (C=O) groups is 1. The molecule has 0 aliphatic carbocycles. The van der Waals surface area contributed by atoms with Crippen LogP contribution in [0.4, 0.5) is 10.1 Å². The van der Waals surface area contributed by atoms with Crippen LogP contribution in [0.2, 0.25) is 0 Å². The topological polar surface area (TPSA) is 50.2 Å². The summed E-state index contributed by atoms with van der Waals surface area (Å²) in [6, 6.07) is 22.6. The lowest BCUT2D eigenvalue weighted by Gasteiger charge is -2.31. The first-order valence-corrected chi connectivity index (χ1v) is 12.3. The van der Waals surface area contributed by atoms with E-state index in [2.05, 4.69) is 40.8 Å². The molecule has 0 bridgehead atoms. The first-order valence-electron chi connectivity index (χ1n) is 12.3. The first-order chi connectivity index (χ1) is 17.0. The molecule has 1 aliphatic rings. The number of hydrogen-bond donors (Lipinski definition) is 1. The number of amides is 1. The maximum atomic E-state index is 13.6. The van der Waals surface area contributed by atoms with Gasteiger partial charge >= 0.3 is 0 Å². The number of imidazole rings is 1. The minimum atomic E-state index is -0.261. The zero-order valence-electron chi connectivity index (χ0n) is 20.2. The number of fused-ring (bicyclic) bond motifs is 1. The van der Waals surface area contributed by atoms with Crippen molar-refractivity contribution < 1.29 is 9.18 Å². The molecule has 4 aromatic rings. The van der Waals surface area contributed by atoms with Crippen molar-refractivity contribution in [3.8, 4) is 5.69 Å². The van der Waals surface area contributed by atoms with Gasteiger partial charge in [0.1, 0.15) is 11.6 Å². The summed E-state index contributed by atoms with van der Waals surface area (Å²) in [6.07, 6.45) is 1.84. The third-order valence-corrected chi connectivity index (χ3v) is 6.80. The smallest absolute Gasteiger partial charge is 0.228 e. The summed E-state index contributed by atoms with van der Waals surface area (Å²) in [5, 5.41) is 3.10. The number of nitrogens with zero attached hydrogens (tertiary/aromatic N) is 3. The average molecular weight is 471 g/mol. The van der Waals surface area contributed by atoms with Gasteiger partial charge in [-0.25, -0.2) is 9.37 Å². The first kappa shape index (κ1) is 23.2. The number of carbonyl (C=O) groups excluding carboxylic acids is 1. The maximum Gasteiger partial charge on any atom is 0.228 e. The Morgan fingerprint density at radius 3 is 2.54 bits per heavy atom. The highest BCUT2D eigenvalue weighted by Gasteiger charge is 2.27. The summed E-state index contributed by atoms with van der Waals surface area (Å²) in [4.78, 5) is 20.2. The Morgan fingerprint density at radius 2 is 1.80 bits per heavy atom. The van der Waals surface area contributed by atoms with Crippen LogP contribution in [0.5, 0.6) is 0 Å². The number of benzene rings is 3. The quantitative estimate of drug-likeness (QED) is 0.368. The fraction of sp³-hybridized carbons (Fsp3) is 0.310. The molecule has 3 aromatic carbocycles. The highest BCUT2D eigenvalue weighted by atomic mass is 19.1. The van der Waals surface area contributed by atoms with Gasteiger partial charge in [0.05, 0.1) is 23.5 Å². The van der Waals surface area contributed by atoms with E-state index in [1.807, 2.05) is 36.4 Å². The van der Waals surface area contributed by atoms with Crippen LogP contribution in [0.15, 0.2) is 72.8 Å². The molecular weight excluding hydrogens is 439 g/mol. The predicted molar refractivity (Wildman–Crippen MR) is 138 cm³/mol. The lowest BCUT2D eigenvalue weighted by molar-refractivity contribution is -0.121. The monoisotopic (exact) mass is 470 g/mol. The molecule has 1 saturated heterocycles. The number of para-hydroxylation sites is 2. The van der Waals surface area contributed by atoms with Crippen molar-refractivity contribution in [1.82, 2.24) is 14.5 Å². The van der Waals surface area contributed by atoms with Crippen molar-refractivity contribution >= 4 is 22.6 Å². The van der Waals surface area contributed by atoms with Crippen LogP contribution >= 0.6 is 0 Å². The molecule has 1 N–H and O–H groups in total. The summed E-state index contributed by atoms with van der Waals surface area (Å²) in [7, 11) is 0. The number of rotatable bonds is 6. The van der Waals surface area contributed by atoms with E-state index < -0.39 is 0 Å². The second-order valence-electron chi connectivity index (χ2n) is 9.67. The Hall–Kier alpha value is -3.51. The lowest BCUT2D eigenvalue weighted by Crippen LogP contribution is -2.40. The largest absolute Gasteiger partial charge is 0.326 e. The van der Waals surface area contributed by atoms with Crippen molar-refractivity contribution in [2.24, 2.45) is 5.92 Å². The summed E-state index contributed by atoms with van der Waals surface area (Å²) in [5.74, 6) is 1.09. The van der Waals surface area contributed by atoms with E-state index in [0.29, 0.717) is 19.0 Å². The van der Waals surface area contributed by atoms with E-state index in [1.54, 1.807) is 12.1 Å². The average Bonchev–Trinajstić information content (AvgIpc) is 3.23. The second kappa shape index (κ2) is 10.0. The number of halogens is 1. The van der Waals surface area contributed by atoms with Crippen LogP contribution < -0.4 is 5.32 Å². The van der Waals surface area contributed by atoms with Crippen LogP contribution in [0.25, 0.3) is 16.7 Å². The van der Waals surface area contributed by atoms with Gasteiger partial charge in [0.15, 0.2) is 0 Å². The summed E-state index contributed by atoms with van der Waals surface area (Å²) in [5.41, 5.74) is 4.88. The van der Waals surface area contributed by atoms with Gasteiger partial charge in [-0.15, -0.1) is 0 Å². The molecule has 2 heterocycles. The Morgan fingerprint density at radius 1 is 1.06 bits per heavy atom. The van der Waals surface area contributed by atoms with Gasteiger partial charge < -0.3 is 5.32 Å². The predicted octanol–water partition coefficient (Wildman–Crippen LogP) is 6.14. The van der Waals surface area contributed by atoms with Gasteiger partial charge in [0.25, 0.3) is 0 Å². The van der Waals surface area contributed by atoms with Gasteiger partial charge in [-0.3, -0.25) is 14.3 Å². The highest BCUT2D eigenvalue weighted by Crippen LogP contribution is 2.26.